The average molecular weight is 180 g/mol. The summed E-state index contributed by atoms with van der Waals surface area (Å²) in [6, 6.07) is 0. The van der Waals surface area contributed by atoms with Gasteiger partial charge in [0.2, 0.25) is 0 Å². The van der Waals surface area contributed by atoms with Crippen LogP contribution in [0.2, 0.25) is 0 Å². The second-order valence-electron chi connectivity index (χ2n) is 2.72. The van der Waals surface area contributed by atoms with Crippen molar-refractivity contribution in [2.45, 2.75) is 30.7 Å². The largest absolute Gasteiger partial charge is 0.394 e. The first-order chi connectivity index (χ1) is 5.57. The van der Waals surface area contributed by atoms with Gasteiger partial charge in [-0.15, -0.1) is 0 Å². The van der Waals surface area contributed by atoms with Crippen LogP contribution in [0.15, 0.2) is 0 Å². The molecule has 1 heterocycles. The highest BCUT2D eigenvalue weighted by Crippen LogP contribution is 2.18. The summed E-state index contributed by atoms with van der Waals surface area (Å²) in [6.07, 6.45) is -7.04. The minimum Gasteiger partial charge on any atom is -0.394 e. The Morgan fingerprint density at radius 1 is 0.917 bits per heavy atom. The lowest BCUT2D eigenvalue weighted by atomic mass is 10.00. The summed E-state index contributed by atoms with van der Waals surface area (Å²) in [4.78, 5) is 0. The number of hydrogen-bond acceptors (Lipinski definition) is 6. The molecule has 1 fully saturated rings. The van der Waals surface area contributed by atoms with E-state index < -0.39 is 37.3 Å². The molecule has 1 rings (SSSR count). The van der Waals surface area contributed by atoms with Gasteiger partial charge in [-0.05, 0) is 0 Å². The molecule has 0 aromatic carbocycles. The van der Waals surface area contributed by atoms with E-state index in [-0.39, 0.29) is 0 Å². The summed E-state index contributed by atoms with van der Waals surface area (Å²) < 4.78 is 4.58. The van der Waals surface area contributed by atoms with E-state index >= 15 is 0 Å². The van der Waals surface area contributed by atoms with Crippen LogP contribution in [0.3, 0.4) is 0 Å². The number of hydrogen-bond donors (Lipinski definition) is 5. The zero-order valence-corrected chi connectivity index (χ0v) is 6.24. The molecule has 0 saturated carbocycles. The molecule has 0 aliphatic carbocycles. The van der Waals surface area contributed by atoms with E-state index in [1.807, 2.05) is 0 Å². The van der Waals surface area contributed by atoms with Crippen LogP contribution in [0.5, 0.6) is 0 Å². The average Bonchev–Trinajstić information content (AvgIpc) is 2.08. The SMILES string of the molecule is OCC1O[C@@H](O)[C@@H](O)[C@@H](O)[C@@H]1O. The lowest BCUT2D eigenvalue weighted by Crippen LogP contribution is -2.58. The first-order valence-corrected chi connectivity index (χ1v) is 3.56. The molecule has 1 saturated heterocycles. The van der Waals surface area contributed by atoms with E-state index in [2.05, 4.69) is 4.74 Å². The van der Waals surface area contributed by atoms with Crippen LogP contribution in [0.1, 0.15) is 0 Å². The van der Waals surface area contributed by atoms with Crippen molar-refractivity contribution in [1.82, 2.24) is 0 Å². The Balaban J connectivity index is 2.63. The van der Waals surface area contributed by atoms with Crippen LogP contribution in [0.4, 0.5) is 0 Å². The molecule has 0 aromatic rings. The first-order valence-electron chi connectivity index (χ1n) is 3.56. The smallest absolute Gasteiger partial charge is 0.184 e. The molecule has 0 aromatic heterocycles. The van der Waals surface area contributed by atoms with Crippen LogP contribution >= 0.6 is 0 Å². The molecule has 0 radical (unpaired) electrons. The van der Waals surface area contributed by atoms with Crippen LogP contribution in [0.25, 0.3) is 0 Å². The Morgan fingerprint density at radius 2 is 1.50 bits per heavy atom. The van der Waals surface area contributed by atoms with Crippen molar-refractivity contribution in [3.8, 4) is 0 Å². The predicted octanol–water partition coefficient (Wildman–Crippen LogP) is -3.22. The quantitative estimate of drug-likeness (QED) is 0.290. The van der Waals surface area contributed by atoms with E-state index in [4.69, 9.17) is 25.5 Å². The molecular weight excluding hydrogens is 168 g/mol. The van der Waals surface area contributed by atoms with Crippen molar-refractivity contribution in [3.05, 3.63) is 0 Å². The zero-order valence-electron chi connectivity index (χ0n) is 6.24. The fourth-order valence-electron chi connectivity index (χ4n) is 1.08. The molecule has 1 unspecified atom stereocenters. The second kappa shape index (κ2) is 3.65. The molecule has 12 heavy (non-hydrogen) atoms. The molecular formula is C6H12O6. The maximum atomic E-state index is 9.12. The van der Waals surface area contributed by atoms with Crippen molar-refractivity contribution in [1.29, 1.82) is 0 Å². The molecule has 0 spiro atoms. The minimum atomic E-state index is -1.57. The lowest BCUT2D eigenvalue weighted by molar-refractivity contribution is -0.286. The van der Waals surface area contributed by atoms with Crippen molar-refractivity contribution in [3.63, 3.8) is 0 Å². The molecule has 6 heteroatoms. The van der Waals surface area contributed by atoms with Crippen LogP contribution in [-0.4, -0.2) is 62.8 Å². The fourth-order valence-corrected chi connectivity index (χ4v) is 1.08. The lowest BCUT2D eigenvalue weighted by Gasteiger charge is -2.37. The van der Waals surface area contributed by atoms with Crippen LogP contribution < -0.4 is 0 Å². The maximum Gasteiger partial charge on any atom is 0.184 e. The van der Waals surface area contributed by atoms with Gasteiger partial charge in [0.25, 0.3) is 0 Å². The minimum absolute atomic E-state index is 0.526. The first kappa shape index (κ1) is 9.85. The standard InChI is InChI=1S/C6H12O6/c7-1-2-3(8)4(9)5(10)6(11)12-2/h2-11H,1H2/t2?,3-,4+,5+,6-/m1/s1. The maximum absolute atomic E-state index is 9.12. The fraction of sp³-hybridized carbons (Fsp3) is 1.00. The van der Waals surface area contributed by atoms with Gasteiger partial charge in [0.05, 0.1) is 6.61 Å². The summed E-state index contributed by atoms with van der Waals surface area (Å²) in [6.45, 7) is -0.526. The summed E-state index contributed by atoms with van der Waals surface area (Å²) in [5, 5.41) is 44.7. The molecule has 0 amide bonds. The van der Waals surface area contributed by atoms with E-state index in [0.717, 1.165) is 0 Å². The summed E-state index contributed by atoms with van der Waals surface area (Å²) in [5.41, 5.74) is 0. The van der Waals surface area contributed by atoms with Crippen molar-refractivity contribution < 1.29 is 30.3 Å². The van der Waals surface area contributed by atoms with E-state index in [9.17, 15) is 0 Å². The predicted molar refractivity (Wildman–Crippen MR) is 36.0 cm³/mol. The van der Waals surface area contributed by atoms with Gasteiger partial charge >= 0.3 is 0 Å². The third kappa shape index (κ3) is 1.58. The summed E-state index contributed by atoms with van der Waals surface area (Å²) in [5.74, 6) is 0. The van der Waals surface area contributed by atoms with E-state index in [1.165, 1.54) is 0 Å². The van der Waals surface area contributed by atoms with Gasteiger partial charge in [0.15, 0.2) is 6.29 Å². The topological polar surface area (TPSA) is 110 Å². The summed E-state index contributed by atoms with van der Waals surface area (Å²) >= 11 is 0. The van der Waals surface area contributed by atoms with Gasteiger partial charge in [0, 0.05) is 0 Å². The number of aliphatic hydroxyl groups is 5. The van der Waals surface area contributed by atoms with Gasteiger partial charge in [0.1, 0.15) is 24.4 Å². The molecule has 72 valence electrons. The molecule has 0 bridgehead atoms. The molecule has 5 N–H and O–H groups in total. The Kier molecular flexibility index (Phi) is 2.99. The van der Waals surface area contributed by atoms with Crippen LogP contribution in [-0.2, 0) is 4.74 Å². The Hall–Kier alpha value is -0.240. The molecule has 1 aliphatic heterocycles. The van der Waals surface area contributed by atoms with Crippen molar-refractivity contribution >= 4 is 0 Å². The number of rotatable bonds is 1. The zero-order chi connectivity index (χ0) is 9.30. The van der Waals surface area contributed by atoms with Gasteiger partial charge in [-0.1, -0.05) is 0 Å². The third-order valence-corrected chi connectivity index (χ3v) is 1.87. The molecule has 1 aliphatic rings. The van der Waals surface area contributed by atoms with Gasteiger partial charge < -0.3 is 30.3 Å². The van der Waals surface area contributed by atoms with E-state index in [1.54, 1.807) is 0 Å². The summed E-state index contributed by atoms with van der Waals surface area (Å²) in [7, 11) is 0. The molecule has 6 nitrogen and oxygen atoms in total. The third-order valence-electron chi connectivity index (χ3n) is 1.87. The van der Waals surface area contributed by atoms with E-state index in [0.29, 0.717) is 0 Å². The number of aliphatic hydroxyl groups excluding tert-OH is 5. The van der Waals surface area contributed by atoms with Gasteiger partial charge in [-0.3, -0.25) is 0 Å². The Labute approximate surface area is 68.6 Å². The number of ether oxygens (including phenoxy) is 1. The normalized spacial score (nSPS) is 49.2. The molecule has 5 atom stereocenters. The van der Waals surface area contributed by atoms with Gasteiger partial charge in [-0.2, -0.15) is 0 Å². The highest BCUT2D eigenvalue weighted by atomic mass is 16.6. The van der Waals surface area contributed by atoms with Crippen molar-refractivity contribution in [2.24, 2.45) is 0 Å². The Bertz CT molecular complexity index is 146. The second-order valence-corrected chi connectivity index (χ2v) is 2.72. The Morgan fingerprint density at radius 3 is 2.00 bits per heavy atom. The van der Waals surface area contributed by atoms with Crippen molar-refractivity contribution in [2.75, 3.05) is 6.61 Å². The van der Waals surface area contributed by atoms with Crippen LogP contribution in [0, 0.1) is 0 Å². The highest BCUT2D eigenvalue weighted by molar-refractivity contribution is 4.87. The highest BCUT2D eigenvalue weighted by Gasteiger charge is 2.42. The monoisotopic (exact) mass is 180 g/mol. The van der Waals surface area contributed by atoms with Gasteiger partial charge in [-0.25, -0.2) is 0 Å².